The Hall–Kier alpha value is -0.570. The van der Waals surface area contributed by atoms with Crippen LogP contribution in [-0.4, -0.2) is 24.2 Å². The van der Waals surface area contributed by atoms with Crippen LogP contribution in [0.15, 0.2) is 0 Å². The van der Waals surface area contributed by atoms with Gasteiger partial charge in [0.25, 0.3) is 0 Å². The van der Waals surface area contributed by atoms with E-state index in [2.05, 4.69) is 19.2 Å². The number of aliphatic hydroxyl groups excluding tert-OH is 1. The molecule has 0 spiro atoms. The monoisotopic (exact) mass is 187 g/mol. The normalized spacial score (nSPS) is 12.5. The summed E-state index contributed by atoms with van der Waals surface area (Å²) in [6, 6.07) is 0. The number of carbonyl (C=O) groups excluding carboxylic acids is 1. The number of carbonyl (C=O) groups is 1. The van der Waals surface area contributed by atoms with Crippen molar-refractivity contribution in [2.24, 2.45) is 5.92 Å². The summed E-state index contributed by atoms with van der Waals surface area (Å²) in [6.45, 7) is 5.06. The van der Waals surface area contributed by atoms with Crippen LogP contribution in [0.5, 0.6) is 0 Å². The van der Waals surface area contributed by atoms with E-state index in [9.17, 15) is 4.79 Å². The first kappa shape index (κ1) is 12.4. The Bertz CT molecular complexity index is 137. The van der Waals surface area contributed by atoms with Crippen LogP contribution in [0, 0.1) is 5.92 Å². The first-order valence-electron chi connectivity index (χ1n) is 5.08. The molecule has 0 radical (unpaired) electrons. The Morgan fingerprint density at radius 2 is 2.15 bits per heavy atom. The highest BCUT2D eigenvalue weighted by molar-refractivity contribution is 5.76. The number of nitrogens with one attached hydrogen (secondary N) is 1. The van der Waals surface area contributed by atoms with Gasteiger partial charge in [0.05, 0.1) is 0 Å². The average molecular weight is 187 g/mol. The first-order chi connectivity index (χ1) is 6.20. The Balaban J connectivity index is 3.30. The van der Waals surface area contributed by atoms with Crippen molar-refractivity contribution in [3.05, 3.63) is 0 Å². The summed E-state index contributed by atoms with van der Waals surface area (Å²) in [6.07, 6.45) is 3.30. The van der Waals surface area contributed by atoms with Crippen LogP contribution in [0.4, 0.5) is 0 Å². The molecule has 0 aliphatic heterocycles. The molecule has 0 aliphatic rings. The van der Waals surface area contributed by atoms with Crippen LogP contribution in [0.3, 0.4) is 0 Å². The Labute approximate surface area is 80.5 Å². The van der Waals surface area contributed by atoms with Gasteiger partial charge in [-0.2, -0.15) is 0 Å². The number of hydrogen-bond donors (Lipinski definition) is 2. The zero-order valence-electron chi connectivity index (χ0n) is 8.68. The lowest BCUT2D eigenvalue weighted by atomic mass is 10.1. The summed E-state index contributed by atoms with van der Waals surface area (Å²) in [5.41, 5.74) is 0. The lowest BCUT2D eigenvalue weighted by Gasteiger charge is -2.08. The van der Waals surface area contributed by atoms with Crippen molar-refractivity contribution in [2.75, 3.05) is 13.2 Å². The van der Waals surface area contributed by atoms with Crippen LogP contribution < -0.4 is 5.32 Å². The molecule has 0 saturated heterocycles. The lowest BCUT2D eigenvalue weighted by molar-refractivity contribution is -0.121. The molecular weight excluding hydrogens is 166 g/mol. The maximum Gasteiger partial charge on any atom is 0.220 e. The third-order valence-electron chi connectivity index (χ3n) is 2.14. The van der Waals surface area contributed by atoms with E-state index < -0.39 is 0 Å². The third kappa shape index (κ3) is 7.78. The molecule has 1 atom stereocenters. The predicted molar refractivity (Wildman–Crippen MR) is 53.4 cm³/mol. The summed E-state index contributed by atoms with van der Waals surface area (Å²) >= 11 is 0. The molecule has 78 valence electrons. The number of aliphatic hydroxyl groups is 1. The number of amides is 1. The van der Waals surface area contributed by atoms with Gasteiger partial charge in [0.1, 0.15) is 0 Å². The van der Waals surface area contributed by atoms with Gasteiger partial charge in [-0.3, -0.25) is 4.79 Å². The van der Waals surface area contributed by atoms with Gasteiger partial charge < -0.3 is 10.4 Å². The quantitative estimate of drug-likeness (QED) is 0.590. The Kier molecular flexibility index (Phi) is 7.69. The summed E-state index contributed by atoms with van der Waals surface area (Å²) in [5.74, 6) is 0.602. The molecule has 3 nitrogen and oxygen atoms in total. The molecular formula is C10H21NO2. The molecule has 0 rings (SSSR count). The van der Waals surface area contributed by atoms with Crippen molar-refractivity contribution in [3.63, 3.8) is 0 Å². The van der Waals surface area contributed by atoms with Crippen molar-refractivity contribution in [1.29, 1.82) is 0 Å². The zero-order chi connectivity index (χ0) is 10.1. The highest BCUT2D eigenvalue weighted by Gasteiger charge is 2.05. The highest BCUT2D eigenvalue weighted by Crippen LogP contribution is 2.05. The van der Waals surface area contributed by atoms with Gasteiger partial charge in [-0.25, -0.2) is 0 Å². The third-order valence-corrected chi connectivity index (χ3v) is 2.14. The largest absolute Gasteiger partial charge is 0.396 e. The first-order valence-corrected chi connectivity index (χ1v) is 5.08. The van der Waals surface area contributed by atoms with Crippen LogP contribution >= 0.6 is 0 Å². The van der Waals surface area contributed by atoms with Gasteiger partial charge in [0.15, 0.2) is 0 Å². The maximum atomic E-state index is 11.2. The minimum absolute atomic E-state index is 0.132. The summed E-state index contributed by atoms with van der Waals surface area (Å²) in [7, 11) is 0. The second kappa shape index (κ2) is 8.05. The maximum absolute atomic E-state index is 11.2. The van der Waals surface area contributed by atoms with Crippen molar-refractivity contribution in [1.82, 2.24) is 5.32 Å². The minimum Gasteiger partial charge on any atom is -0.396 e. The van der Waals surface area contributed by atoms with E-state index in [1.54, 1.807) is 0 Å². The molecule has 0 aromatic rings. The van der Waals surface area contributed by atoms with E-state index in [0.717, 1.165) is 19.3 Å². The molecule has 1 amide bonds. The number of rotatable bonds is 7. The van der Waals surface area contributed by atoms with E-state index in [1.807, 2.05) is 0 Å². The molecule has 3 heteroatoms. The van der Waals surface area contributed by atoms with E-state index in [-0.39, 0.29) is 12.5 Å². The molecule has 0 aromatic heterocycles. The molecule has 0 bridgehead atoms. The molecule has 0 heterocycles. The van der Waals surface area contributed by atoms with E-state index in [1.165, 1.54) is 0 Å². The summed E-state index contributed by atoms with van der Waals surface area (Å²) in [5, 5.41) is 11.3. The average Bonchev–Trinajstić information content (AvgIpc) is 2.12. The van der Waals surface area contributed by atoms with Crippen LogP contribution in [0.1, 0.15) is 39.5 Å². The van der Waals surface area contributed by atoms with Crippen LogP contribution in [0.2, 0.25) is 0 Å². The lowest BCUT2D eigenvalue weighted by Crippen LogP contribution is -2.25. The topological polar surface area (TPSA) is 49.3 Å². The standard InChI is InChI=1S/C10H21NO2/c1-3-9(2)8-10(13)11-6-4-5-7-12/h9,12H,3-8H2,1-2H3,(H,11,13). The summed E-state index contributed by atoms with van der Waals surface area (Å²) in [4.78, 5) is 11.2. The molecule has 0 aromatic carbocycles. The van der Waals surface area contributed by atoms with E-state index in [4.69, 9.17) is 5.11 Å². The molecule has 13 heavy (non-hydrogen) atoms. The fourth-order valence-corrected chi connectivity index (χ4v) is 0.998. The molecule has 0 aliphatic carbocycles. The fraction of sp³-hybridized carbons (Fsp3) is 0.900. The van der Waals surface area contributed by atoms with Crippen molar-refractivity contribution < 1.29 is 9.90 Å². The SMILES string of the molecule is CCC(C)CC(=O)NCCCCO. The van der Waals surface area contributed by atoms with Gasteiger partial charge in [-0.05, 0) is 18.8 Å². The van der Waals surface area contributed by atoms with Gasteiger partial charge in [-0.1, -0.05) is 20.3 Å². The number of unbranched alkanes of at least 4 members (excludes halogenated alkanes) is 1. The van der Waals surface area contributed by atoms with Crippen molar-refractivity contribution >= 4 is 5.91 Å². The minimum atomic E-state index is 0.132. The second-order valence-corrected chi connectivity index (χ2v) is 3.50. The zero-order valence-corrected chi connectivity index (χ0v) is 8.68. The predicted octanol–water partition coefficient (Wildman–Crippen LogP) is 1.31. The fourth-order valence-electron chi connectivity index (χ4n) is 0.998. The van der Waals surface area contributed by atoms with Crippen molar-refractivity contribution in [2.45, 2.75) is 39.5 Å². The molecule has 2 N–H and O–H groups in total. The molecule has 0 saturated carbocycles. The second-order valence-electron chi connectivity index (χ2n) is 3.50. The molecule has 0 fully saturated rings. The van der Waals surface area contributed by atoms with Crippen LogP contribution in [-0.2, 0) is 4.79 Å². The Morgan fingerprint density at radius 1 is 1.46 bits per heavy atom. The van der Waals surface area contributed by atoms with Gasteiger partial charge >= 0.3 is 0 Å². The van der Waals surface area contributed by atoms with Crippen molar-refractivity contribution in [3.8, 4) is 0 Å². The molecule has 1 unspecified atom stereocenters. The smallest absolute Gasteiger partial charge is 0.220 e. The highest BCUT2D eigenvalue weighted by atomic mass is 16.2. The van der Waals surface area contributed by atoms with Gasteiger partial charge in [0.2, 0.25) is 5.91 Å². The van der Waals surface area contributed by atoms with Gasteiger partial charge in [-0.15, -0.1) is 0 Å². The number of hydrogen-bond acceptors (Lipinski definition) is 2. The van der Waals surface area contributed by atoms with E-state index in [0.29, 0.717) is 18.9 Å². The van der Waals surface area contributed by atoms with E-state index >= 15 is 0 Å². The van der Waals surface area contributed by atoms with Crippen LogP contribution in [0.25, 0.3) is 0 Å². The Morgan fingerprint density at radius 3 is 2.69 bits per heavy atom. The summed E-state index contributed by atoms with van der Waals surface area (Å²) < 4.78 is 0. The van der Waals surface area contributed by atoms with Gasteiger partial charge in [0, 0.05) is 19.6 Å².